The normalized spacial score (nSPS) is 14.7. The third kappa shape index (κ3) is 1.63. The van der Waals surface area contributed by atoms with Crippen LogP contribution in [0.4, 0.5) is 8.78 Å². The fraction of sp³-hybridized carbons (Fsp3) is 0.211. The summed E-state index contributed by atoms with van der Waals surface area (Å²) in [6.07, 6.45) is 7.69. The fourth-order valence-electron chi connectivity index (χ4n) is 3.98. The second-order valence-corrected chi connectivity index (χ2v) is 6.21. The van der Waals surface area contributed by atoms with Gasteiger partial charge in [0.2, 0.25) is 0 Å². The van der Waals surface area contributed by atoms with Gasteiger partial charge < -0.3 is 0 Å². The summed E-state index contributed by atoms with van der Waals surface area (Å²) in [6, 6.07) is 7.16. The average molecular weight is 308 g/mol. The third-order valence-electron chi connectivity index (χ3n) is 4.99. The van der Waals surface area contributed by atoms with Gasteiger partial charge in [-0.1, -0.05) is 12.1 Å². The molecule has 2 nitrogen and oxygen atoms in total. The molecule has 0 spiro atoms. The van der Waals surface area contributed by atoms with Crippen molar-refractivity contribution in [2.24, 2.45) is 0 Å². The van der Waals surface area contributed by atoms with E-state index in [-0.39, 0.29) is 5.52 Å². The van der Waals surface area contributed by atoms with Crippen LogP contribution >= 0.6 is 0 Å². The van der Waals surface area contributed by atoms with E-state index in [2.05, 4.69) is 17.1 Å². The lowest BCUT2D eigenvalue weighted by atomic mass is 9.86. The molecule has 0 bridgehead atoms. The average Bonchev–Trinajstić information content (AvgIpc) is 3.07. The predicted molar refractivity (Wildman–Crippen MR) is 86.8 cm³/mol. The van der Waals surface area contributed by atoms with Crippen molar-refractivity contribution in [2.45, 2.75) is 25.7 Å². The second-order valence-electron chi connectivity index (χ2n) is 6.21. The van der Waals surface area contributed by atoms with Gasteiger partial charge >= 0.3 is 0 Å². The zero-order valence-corrected chi connectivity index (χ0v) is 12.4. The molecule has 0 saturated carbocycles. The Bertz CT molecular complexity index is 1100. The summed E-state index contributed by atoms with van der Waals surface area (Å²) < 4.78 is 30.0. The number of aryl methyl sites for hydroxylation is 2. The van der Waals surface area contributed by atoms with Gasteiger partial charge in [-0.25, -0.2) is 13.8 Å². The van der Waals surface area contributed by atoms with Gasteiger partial charge in [0.05, 0.1) is 5.52 Å². The van der Waals surface area contributed by atoms with Crippen LogP contribution in [0.15, 0.2) is 36.7 Å². The van der Waals surface area contributed by atoms with Crippen LogP contribution in [0, 0.1) is 11.6 Å². The van der Waals surface area contributed by atoms with Crippen LogP contribution in [-0.2, 0) is 12.8 Å². The van der Waals surface area contributed by atoms with Crippen LogP contribution in [0.25, 0.3) is 27.3 Å². The summed E-state index contributed by atoms with van der Waals surface area (Å²) in [7, 11) is 0. The van der Waals surface area contributed by atoms with Crippen molar-refractivity contribution in [3.63, 3.8) is 0 Å². The molecule has 0 saturated heterocycles. The molecule has 23 heavy (non-hydrogen) atoms. The highest BCUT2D eigenvalue weighted by Gasteiger charge is 2.20. The monoisotopic (exact) mass is 308 g/mol. The van der Waals surface area contributed by atoms with Crippen molar-refractivity contribution >= 4 is 27.3 Å². The molecule has 2 aromatic carbocycles. The van der Waals surface area contributed by atoms with E-state index in [0.717, 1.165) is 35.4 Å². The van der Waals surface area contributed by atoms with Gasteiger partial charge in [0.25, 0.3) is 0 Å². The number of hydrogen-bond acceptors (Lipinski definition) is 1. The highest BCUT2D eigenvalue weighted by atomic mass is 19.2. The second kappa shape index (κ2) is 4.51. The van der Waals surface area contributed by atoms with Crippen LogP contribution in [0.3, 0.4) is 0 Å². The van der Waals surface area contributed by atoms with Crippen LogP contribution < -0.4 is 0 Å². The van der Waals surface area contributed by atoms with Crippen molar-refractivity contribution in [1.29, 1.82) is 0 Å². The van der Waals surface area contributed by atoms with E-state index in [1.54, 1.807) is 22.9 Å². The lowest BCUT2D eigenvalue weighted by molar-refractivity contribution is 0.515. The van der Waals surface area contributed by atoms with Crippen molar-refractivity contribution < 1.29 is 8.78 Å². The largest absolute Gasteiger partial charge is 0.296 e. The molecule has 4 aromatic rings. The predicted octanol–water partition coefficient (Wildman–Crippen LogP) is 4.80. The Labute approximate surface area is 131 Å². The first kappa shape index (κ1) is 13.0. The van der Waals surface area contributed by atoms with Crippen LogP contribution in [0.2, 0.25) is 0 Å². The molecule has 0 aliphatic heterocycles. The molecule has 0 N–H and O–H groups in total. The fourth-order valence-corrected chi connectivity index (χ4v) is 3.98. The highest BCUT2D eigenvalue weighted by molar-refractivity contribution is 6.13. The first-order valence-electron chi connectivity index (χ1n) is 7.93. The maximum absolute atomic E-state index is 14.5. The molecular weight excluding hydrogens is 294 g/mol. The summed E-state index contributed by atoms with van der Waals surface area (Å²) in [4.78, 5) is 4.39. The zero-order valence-electron chi connectivity index (χ0n) is 12.4. The van der Waals surface area contributed by atoms with Gasteiger partial charge in [-0.15, -0.1) is 0 Å². The summed E-state index contributed by atoms with van der Waals surface area (Å²) >= 11 is 0. The van der Waals surface area contributed by atoms with Gasteiger partial charge in [-0.3, -0.25) is 4.40 Å². The van der Waals surface area contributed by atoms with E-state index in [0.29, 0.717) is 5.65 Å². The molecule has 0 amide bonds. The molecule has 1 aliphatic carbocycles. The van der Waals surface area contributed by atoms with Gasteiger partial charge in [0.15, 0.2) is 11.6 Å². The molecule has 4 heteroatoms. The number of nitrogens with zero attached hydrogens (tertiary/aromatic N) is 2. The van der Waals surface area contributed by atoms with Crippen LogP contribution in [0.1, 0.15) is 24.0 Å². The Kier molecular flexibility index (Phi) is 2.55. The minimum absolute atomic E-state index is 0.281. The van der Waals surface area contributed by atoms with Gasteiger partial charge in [-0.2, -0.15) is 0 Å². The Morgan fingerprint density at radius 1 is 0.957 bits per heavy atom. The summed E-state index contributed by atoms with van der Waals surface area (Å²) in [5.41, 5.74) is 3.57. The van der Waals surface area contributed by atoms with E-state index in [9.17, 15) is 8.78 Å². The molecule has 114 valence electrons. The molecule has 2 heterocycles. The van der Waals surface area contributed by atoms with E-state index < -0.39 is 11.6 Å². The first-order valence-corrected chi connectivity index (χ1v) is 7.93. The Balaban J connectivity index is 2.13. The van der Waals surface area contributed by atoms with Crippen molar-refractivity contribution in [3.8, 4) is 0 Å². The van der Waals surface area contributed by atoms with Crippen molar-refractivity contribution in [1.82, 2.24) is 9.38 Å². The highest BCUT2D eigenvalue weighted by Crippen LogP contribution is 2.37. The van der Waals surface area contributed by atoms with E-state index >= 15 is 0 Å². The minimum atomic E-state index is -0.823. The van der Waals surface area contributed by atoms with Crippen LogP contribution in [-0.4, -0.2) is 9.38 Å². The molecule has 5 rings (SSSR count). The number of imidazole rings is 1. The van der Waals surface area contributed by atoms with Crippen molar-refractivity contribution in [3.05, 3.63) is 59.4 Å². The SMILES string of the molecule is Fc1ccc2c3c4c(ccc3c3nccn3c2c1F)CCCC4. The molecule has 0 atom stereocenters. The Morgan fingerprint density at radius 3 is 2.70 bits per heavy atom. The number of hydrogen-bond donors (Lipinski definition) is 0. The number of benzene rings is 2. The third-order valence-corrected chi connectivity index (χ3v) is 4.99. The first-order chi connectivity index (χ1) is 11.3. The standard InChI is InChI=1S/C19H14F2N2/c20-15-8-7-13-16-12-4-2-1-3-11(12)5-6-14(16)19-22-9-10-23(19)18(13)17(15)21/h5-10H,1-4H2. The molecule has 2 aromatic heterocycles. The number of halogens is 2. The summed E-state index contributed by atoms with van der Waals surface area (Å²) in [5, 5.41) is 2.81. The van der Waals surface area contributed by atoms with E-state index in [1.165, 1.54) is 23.6 Å². The molecule has 0 unspecified atom stereocenters. The molecule has 0 fully saturated rings. The number of fused-ring (bicyclic) bond motifs is 8. The lowest BCUT2D eigenvalue weighted by Crippen LogP contribution is -2.05. The zero-order chi connectivity index (χ0) is 15.6. The Hall–Kier alpha value is -2.49. The smallest absolute Gasteiger partial charge is 0.183 e. The maximum atomic E-state index is 14.5. The van der Waals surface area contributed by atoms with Gasteiger partial charge in [0, 0.05) is 23.2 Å². The Morgan fingerprint density at radius 2 is 1.78 bits per heavy atom. The lowest BCUT2D eigenvalue weighted by Gasteiger charge is -2.20. The number of rotatable bonds is 0. The maximum Gasteiger partial charge on any atom is 0.183 e. The van der Waals surface area contributed by atoms with Crippen LogP contribution in [0.5, 0.6) is 0 Å². The molecule has 0 radical (unpaired) electrons. The topological polar surface area (TPSA) is 17.3 Å². The van der Waals surface area contributed by atoms with Gasteiger partial charge in [-0.05, 0) is 54.3 Å². The van der Waals surface area contributed by atoms with Crippen molar-refractivity contribution in [2.75, 3.05) is 0 Å². The number of pyridine rings is 1. The quantitative estimate of drug-likeness (QED) is 0.427. The molecule has 1 aliphatic rings. The van der Waals surface area contributed by atoms with E-state index in [1.807, 2.05) is 0 Å². The summed E-state index contributed by atoms with van der Waals surface area (Å²) in [5.74, 6) is -1.63. The molecular formula is C19H14F2N2. The van der Waals surface area contributed by atoms with E-state index in [4.69, 9.17) is 0 Å². The minimum Gasteiger partial charge on any atom is -0.296 e. The summed E-state index contributed by atoms with van der Waals surface area (Å²) in [6.45, 7) is 0. The van der Waals surface area contributed by atoms with Gasteiger partial charge in [0.1, 0.15) is 5.65 Å². The number of aromatic nitrogens is 2.